The Bertz CT molecular complexity index is 1060. The second kappa shape index (κ2) is 13.3. The molecule has 221 valence electrons. The summed E-state index contributed by atoms with van der Waals surface area (Å²) in [5.41, 5.74) is 1.71. The number of carbonyl (C=O) groups excluding carboxylic acids is 3. The van der Waals surface area contributed by atoms with Gasteiger partial charge in [-0.25, -0.2) is 9.59 Å². The molecule has 3 aliphatic heterocycles. The van der Waals surface area contributed by atoms with E-state index in [1.165, 1.54) is 12.2 Å². The maximum absolute atomic E-state index is 13.7. The molecule has 0 N–H and O–H groups in total. The first-order valence-electron chi connectivity index (χ1n) is 13.9. The van der Waals surface area contributed by atoms with Crippen LogP contribution in [0.3, 0.4) is 0 Å². The highest BCUT2D eigenvalue weighted by Gasteiger charge is 2.59. The van der Waals surface area contributed by atoms with Gasteiger partial charge in [0.15, 0.2) is 0 Å². The zero-order valence-corrected chi connectivity index (χ0v) is 26.0. The molecule has 40 heavy (non-hydrogen) atoms. The minimum atomic E-state index is -0.927. The lowest BCUT2D eigenvalue weighted by atomic mass is 9.66. The quantitative estimate of drug-likeness (QED) is 0.147. The molecule has 2 saturated heterocycles. The molecule has 10 heteroatoms. The van der Waals surface area contributed by atoms with Crippen molar-refractivity contribution in [1.29, 1.82) is 0 Å². The number of allylic oxidation sites excluding steroid dienone is 1. The number of hydrogen-bond acceptors (Lipinski definition) is 7. The summed E-state index contributed by atoms with van der Waals surface area (Å²) < 4.78 is 22.4. The molecular formula is C30H45N2O7Si. The van der Waals surface area contributed by atoms with Crippen molar-refractivity contribution in [3.05, 3.63) is 48.2 Å². The number of methoxy groups -OCH3 is 1. The molecule has 3 heterocycles. The van der Waals surface area contributed by atoms with Gasteiger partial charge in [-0.1, -0.05) is 52.2 Å². The van der Waals surface area contributed by atoms with Crippen molar-refractivity contribution in [1.82, 2.24) is 9.80 Å². The average molecular weight is 574 g/mol. The van der Waals surface area contributed by atoms with Crippen LogP contribution in [-0.4, -0.2) is 88.5 Å². The van der Waals surface area contributed by atoms with Gasteiger partial charge in [0.1, 0.15) is 18.9 Å². The molecule has 3 rings (SSSR count). The van der Waals surface area contributed by atoms with Crippen LogP contribution < -0.4 is 0 Å². The van der Waals surface area contributed by atoms with Crippen LogP contribution in [0.15, 0.2) is 48.2 Å². The molecule has 3 aliphatic rings. The van der Waals surface area contributed by atoms with Crippen LogP contribution in [0.25, 0.3) is 0 Å². The van der Waals surface area contributed by atoms with Gasteiger partial charge in [0.05, 0.1) is 30.7 Å². The second-order valence-electron chi connectivity index (χ2n) is 11.9. The van der Waals surface area contributed by atoms with Crippen LogP contribution in [0.5, 0.6) is 0 Å². The van der Waals surface area contributed by atoms with E-state index in [0.29, 0.717) is 26.0 Å². The van der Waals surface area contributed by atoms with E-state index in [0.717, 1.165) is 11.1 Å². The Morgan fingerprint density at radius 3 is 2.38 bits per heavy atom. The molecule has 0 aliphatic carbocycles. The van der Waals surface area contributed by atoms with Gasteiger partial charge in [-0.15, -0.1) is 0 Å². The van der Waals surface area contributed by atoms with Crippen LogP contribution in [0, 0.1) is 17.3 Å². The van der Waals surface area contributed by atoms with Crippen molar-refractivity contribution in [2.24, 2.45) is 17.3 Å². The van der Waals surface area contributed by atoms with E-state index in [-0.39, 0.29) is 60.3 Å². The molecule has 0 bridgehead atoms. The summed E-state index contributed by atoms with van der Waals surface area (Å²) in [6.07, 6.45) is 5.55. The van der Waals surface area contributed by atoms with Gasteiger partial charge in [0.2, 0.25) is 14.9 Å². The van der Waals surface area contributed by atoms with Crippen molar-refractivity contribution in [2.45, 2.75) is 71.8 Å². The number of β-lactam (4-membered cyclic amide) rings is 1. The Labute approximate surface area is 240 Å². The first-order valence-corrected chi connectivity index (χ1v) is 16.3. The van der Waals surface area contributed by atoms with Gasteiger partial charge < -0.3 is 23.5 Å². The minimum absolute atomic E-state index is 0.00245. The maximum atomic E-state index is 13.7. The van der Waals surface area contributed by atoms with Gasteiger partial charge in [0.25, 0.3) is 0 Å². The zero-order chi connectivity index (χ0) is 29.8. The van der Waals surface area contributed by atoms with E-state index < -0.39 is 21.1 Å². The lowest BCUT2D eigenvalue weighted by molar-refractivity contribution is -0.163. The van der Waals surface area contributed by atoms with Crippen LogP contribution in [0.1, 0.15) is 40.5 Å². The van der Waals surface area contributed by atoms with Gasteiger partial charge in [-0.3, -0.25) is 9.69 Å². The highest BCUT2D eigenvalue weighted by atomic mass is 28.3. The number of amides is 2. The zero-order valence-electron chi connectivity index (χ0n) is 25.0. The third kappa shape index (κ3) is 6.78. The molecular weight excluding hydrogens is 528 g/mol. The van der Waals surface area contributed by atoms with E-state index in [4.69, 9.17) is 18.6 Å². The summed E-state index contributed by atoms with van der Waals surface area (Å²) in [4.78, 5) is 43.0. The average Bonchev–Trinajstić information content (AvgIpc) is 3.46. The molecule has 0 unspecified atom stereocenters. The SMILES string of the molecule is C=CCOC(=O)C1=C(C(C)=C[C@@H]2C[C@H](OC)CN2C(=O)OCC=C)C[C@@H]2[C@H]([C@@H](CO[Si](C)C)C(C)(C)C)C(=O)N12. The fourth-order valence-corrected chi connectivity index (χ4v) is 6.35. The highest BCUT2D eigenvalue weighted by molar-refractivity contribution is 6.48. The molecule has 0 aromatic carbocycles. The minimum Gasteiger partial charge on any atom is -0.457 e. The largest absolute Gasteiger partial charge is 0.457 e. The lowest BCUT2D eigenvalue weighted by Gasteiger charge is -2.50. The van der Waals surface area contributed by atoms with E-state index in [1.54, 1.807) is 16.9 Å². The van der Waals surface area contributed by atoms with Crippen molar-refractivity contribution < 1.29 is 33.0 Å². The van der Waals surface area contributed by atoms with Crippen molar-refractivity contribution in [3.8, 4) is 0 Å². The Kier molecular flexibility index (Phi) is 10.6. The van der Waals surface area contributed by atoms with Crippen LogP contribution in [-0.2, 0) is 28.2 Å². The van der Waals surface area contributed by atoms with Gasteiger partial charge in [-0.05, 0) is 55.3 Å². The summed E-state index contributed by atoms with van der Waals surface area (Å²) >= 11 is 0. The van der Waals surface area contributed by atoms with Crippen LogP contribution >= 0.6 is 0 Å². The summed E-state index contributed by atoms with van der Waals surface area (Å²) in [7, 11) is 0.695. The number of hydrogen-bond donors (Lipinski definition) is 0. The highest BCUT2D eigenvalue weighted by Crippen LogP contribution is 2.51. The molecule has 5 atom stereocenters. The Hall–Kier alpha value is -2.69. The Morgan fingerprint density at radius 1 is 1.15 bits per heavy atom. The number of ether oxygens (including phenoxy) is 3. The Morgan fingerprint density at radius 2 is 1.80 bits per heavy atom. The maximum Gasteiger partial charge on any atom is 0.410 e. The number of carbonyl (C=O) groups is 3. The standard InChI is InChI=1S/C30H45N2O7Si/c1-10-12-37-28(34)26-22(19(3)14-20-15-21(36-7)17-31(20)29(35)38-13-11-2)16-24-25(27(33)32(24)26)23(30(4,5)6)18-39-40(8)9/h10-11,14,20-21,23-25H,1-2,12-13,15-18H2,3-9H3/t20-,21+,23-,24-,25+/m1/s1. The van der Waals surface area contributed by atoms with Gasteiger partial charge in [0, 0.05) is 13.7 Å². The number of rotatable bonds is 12. The monoisotopic (exact) mass is 573 g/mol. The summed E-state index contributed by atoms with van der Waals surface area (Å²) in [5.74, 6) is -0.874. The molecule has 2 fully saturated rings. The number of fused-ring (bicyclic) bond motifs is 1. The van der Waals surface area contributed by atoms with E-state index >= 15 is 0 Å². The predicted molar refractivity (Wildman–Crippen MR) is 155 cm³/mol. The van der Waals surface area contributed by atoms with Crippen molar-refractivity contribution in [2.75, 3.05) is 33.5 Å². The molecule has 0 spiro atoms. The van der Waals surface area contributed by atoms with E-state index in [1.807, 2.05) is 13.0 Å². The fraction of sp³-hybridized carbons (Fsp3) is 0.633. The molecule has 0 saturated carbocycles. The smallest absolute Gasteiger partial charge is 0.410 e. The van der Waals surface area contributed by atoms with Crippen molar-refractivity contribution >= 4 is 27.0 Å². The van der Waals surface area contributed by atoms with E-state index in [2.05, 4.69) is 47.0 Å². The predicted octanol–water partition coefficient (Wildman–Crippen LogP) is 4.49. The van der Waals surface area contributed by atoms with Gasteiger partial charge in [-0.2, -0.15) is 0 Å². The first kappa shape index (κ1) is 31.8. The third-order valence-electron chi connectivity index (χ3n) is 7.95. The third-order valence-corrected chi connectivity index (χ3v) is 8.69. The van der Waals surface area contributed by atoms with Gasteiger partial charge >= 0.3 is 12.1 Å². The molecule has 0 aromatic heterocycles. The first-order chi connectivity index (χ1) is 18.8. The van der Waals surface area contributed by atoms with Crippen LogP contribution in [0.4, 0.5) is 4.79 Å². The second-order valence-corrected chi connectivity index (χ2v) is 14.0. The molecule has 0 aromatic rings. The topological polar surface area (TPSA) is 94.6 Å². The lowest BCUT2D eigenvalue weighted by Crippen LogP contribution is -2.63. The number of likely N-dealkylation sites (tertiary alicyclic amines) is 1. The Balaban J connectivity index is 1.95. The summed E-state index contributed by atoms with van der Waals surface area (Å²) in [6.45, 7) is 20.8. The molecule has 2 amide bonds. The fourth-order valence-electron chi connectivity index (χ4n) is 5.84. The summed E-state index contributed by atoms with van der Waals surface area (Å²) in [6, 6.07) is -0.441. The van der Waals surface area contributed by atoms with Crippen molar-refractivity contribution in [3.63, 3.8) is 0 Å². The number of esters is 1. The molecule has 1 radical (unpaired) electrons. The normalized spacial score (nSPS) is 25.6. The van der Waals surface area contributed by atoms with Crippen LogP contribution in [0.2, 0.25) is 13.1 Å². The molecule has 9 nitrogen and oxygen atoms in total. The van der Waals surface area contributed by atoms with E-state index in [9.17, 15) is 14.4 Å². The summed E-state index contributed by atoms with van der Waals surface area (Å²) in [5, 5.41) is 0. The number of nitrogens with zero attached hydrogens (tertiary/aromatic N) is 2.